The third kappa shape index (κ3) is 9.53. The van der Waals surface area contributed by atoms with Gasteiger partial charge in [0.1, 0.15) is 0 Å². The van der Waals surface area contributed by atoms with Crippen LogP contribution in [-0.2, 0) is 9.47 Å². The molecule has 0 aliphatic carbocycles. The lowest BCUT2D eigenvalue weighted by atomic mass is 10.1. The summed E-state index contributed by atoms with van der Waals surface area (Å²) in [5, 5.41) is 0. The zero-order valence-electron chi connectivity index (χ0n) is 15.8. The summed E-state index contributed by atoms with van der Waals surface area (Å²) in [6.45, 7) is 5.03. The molecule has 0 saturated carbocycles. The van der Waals surface area contributed by atoms with E-state index >= 15 is 0 Å². The minimum absolute atomic E-state index is 0.277. The molecule has 0 fully saturated rings. The van der Waals surface area contributed by atoms with Gasteiger partial charge >= 0.3 is 11.9 Å². The summed E-state index contributed by atoms with van der Waals surface area (Å²) >= 11 is 3.72. The first-order valence-electron chi connectivity index (χ1n) is 9.29. The van der Waals surface area contributed by atoms with Crippen LogP contribution in [0.3, 0.4) is 0 Å². The van der Waals surface area contributed by atoms with E-state index in [-0.39, 0.29) is 11.1 Å². The Morgan fingerprint density at radius 2 is 1.19 bits per heavy atom. The summed E-state index contributed by atoms with van der Waals surface area (Å²) in [4.78, 5) is 24.5. The van der Waals surface area contributed by atoms with Crippen LogP contribution in [0.1, 0.15) is 60.2 Å². The van der Waals surface area contributed by atoms with E-state index in [4.69, 9.17) is 9.47 Å². The highest BCUT2D eigenvalue weighted by atomic mass is 32.2. The molecule has 1 aromatic carbocycles. The van der Waals surface area contributed by atoms with Crippen LogP contribution in [0.5, 0.6) is 0 Å². The highest BCUT2D eigenvalue weighted by Crippen LogP contribution is 2.13. The van der Waals surface area contributed by atoms with E-state index in [9.17, 15) is 9.59 Å². The number of benzene rings is 1. The van der Waals surface area contributed by atoms with Crippen LogP contribution in [0.4, 0.5) is 0 Å². The third-order valence-electron chi connectivity index (χ3n) is 3.40. The summed E-state index contributed by atoms with van der Waals surface area (Å²) in [7, 11) is 0. The third-order valence-corrected chi connectivity index (χ3v) is 5.94. The zero-order chi connectivity index (χ0) is 19.0. The molecule has 0 saturated heterocycles. The molecule has 1 rings (SSSR count). The second-order valence-corrected chi connectivity index (χ2v) is 8.20. The average molecular weight is 399 g/mol. The molecule has 0 N–H and O–H groups in total. The molecule has 0 atom stereocenters. The quantitative estimate of drug-likeness (QED) is 0.322. The van der Waals surface area contributed by atoms with Gasteiger partial charge in [0.25, 0.3) is 0 Å². The Bertz CT molecular complexity index is 487. The first-order valence-corrected chi connectivity index (χ1v) is 11.6. The first-order chi connectivity index (χ1) is 12.7. The van der Waals surface area contributed by atoms with E-state index in [1.807, 2.05) is 23.5 Å². The van der Waals surface area contributed by atoms with Crippen molar-refractivity contribution >= 4 is 35.5 Å². The predicted octanol–water partition coefficient (Wildman–Crippen LogP) is 5.07. The monoisotopic (exact) mass is 398 g/mol. The molecule has 0 aliphatic rings. The molecule has 0 unspecified atom stereocenters. The van der Waals surface area contributed by atoms with Crippen LogP contribution in [0.15, 0.2) is 24.3 Å². The highest BCUT2D eigenvalue weighted by molar-refractivity contribution is 7.99. The number of rotatable bonds is 14. The fourth-order valence-electron chi connectivity index (χ4n) is 2.14. The maximum absolute atomic E-state index is 12.3. The number of hydrogen-bond donors (Lipinski definition) is 0. The zero-order valence-corrected chi connectivity index (χ0v) is 17.5. The molecular formula is C20H30O4S2. The Labute approximate surface area is 165 Å². The minimum Gasteiger partial charge on any atom is -0.462 e. The Morgan fingerprint density at radius 3 is 1.58 bits per heavy atom. The number of ether oxygens (including phenoxy) is 2. The van der Waals surface area contributed by atoms with Gasteiger partial charge in [-0.25, -0.2) is 9.59 Å². The Hall–Kier alpha value is -1.14. The molecule has 146 valence electrons. The van der Waals surface area contributed by atoms with Gasteiger partial charge in [0.2, 0.25) is 0 Å². The smallest absolute Gasteiger partial charge is 0.339 e. The van der Waals surface area contributed by atoms with Crippen molar-refractivity contribution < 1.29 is 19.1 Å². The first kappa shape index (κ1) is 22.9. The molecule has 0 amide bonds. The van der Waals surface area contributed by atoms with Gasteiger partial charge in [-0.1, -0.05) is 26.0 Å². The molecule has 26 heavy (non-hydrogen) atoms. The SMILES string of the molecule is CCCSCCCOC(=O)c1ccccc1C(=O)OCCCSCCC. The molecule has 0 aliphatic heterocycles. The van der Waals surface area contributed by atoms with Crippen molar-refractivity contribution in [3.05, 3.63) is 35.4 Å². The van der Waals surface area contributed by atoms with Crippen molar-refractivity contribution in [3.8, 4) is 0 Å². The Morgan fingerprint density at radius 1 is 0.769 bits per heavy atom. The fraction of sp³-hybridized carbons (Fsp3) is 0.600. The summed E-state index contributed by atoms with van der Waals surface area (Å²) in [6, 6.07) is 6.68. The van der Waals surface area contributed by atoms with Gasteiger partial charge < -0.3 is 9.47 Å². The lowest BCUT2D eigenvalue weighted by Gasteiger charge is -2.10. The van der Waals surface area contributed by atoms with E-state index < -0.39 is 11.9 Å². The molecule has 6 heteroatoms. The van der Waals surface area contributed by atoms with Gasteiger partial charge in [-0.3, -0.25) is 0 Å². The van der Waals surface area contributed by atoms with Crippen molar-refractivity contribution in [3.63, 3.8) is 0 Å². The Balaban J connectivity index is 2.42. The number of carbonyl (C=O) groups excluding carboxylic acids is 2. The fourth-order valence-corrected chi connectivity index (χ4v) is 3.77. The van der Waals surface area contributed by atoms with E-state index in [2.05, 4.69) is 13.8 Å². The number of carbonyl (C=O) groups is 2. The average Bonchev–Trinajstić information content (AvgIpc) is 2.67. The Kier molecular flexibility index (Phi) is 13.2. The van der Waals surface area contributed by atoms with Gasteiger partial charge in [0.05, 0.1) is 24.3 Å². The van der Waals surface area contributed by atoms with Crippen LogP contribution >= 0.6 is 23.5 Å². The summed E-state index contributed by atoms with van der Waals surface area (Å²) < 4.78 is 10.6. The van der Waals surface area contributed by atoms with E-state index in [1.54, 1.807) is 24.3 Å². The van der Waals surface area contributed by atoms with Crippen molar-refractivity contribution in [1.82, 2.24) is 0 Å². The van der Waals surface area contributed by atoms with Gasteiger partial charge in [-0.15, -0.1) is 0 Å². The van der Waals surface area contributed by atoms with Gasteiger partial charge in [-0.2, -0.15) is 23.5 Å². The molecule has 0 radical (unpaired) electrons. The predicted molar refractivity (Wildman–Crippen MR) is 111 cm³/mol. The topological polar surface area (TPSA) is 52.6 Å². The van der Waals surface area contributed by atoms with E-state index in [0.29, 0.717) is 13.2 Å². The van der Waals surface area contributed by atoms with Gasteiger partial charge in [0.15, 0.2) is 0 Å². The standard InChI is InChI=1S/C20H30O4S2/c1-3-13-25-15-7-11-23-19(21)17-9-5-6-10-18(17)20(22)24-12-8-16-26-14-4-2/h5-6,9-10H,3-4,7-8,11-16H2,1-2H3. The molecule has 0 aromatic heterocycles. The van der Waals surface area contributed by atoms with Crippen molar-refractivity contribution in [2.75, 3.05) is 36.2 Å². The largest absolute Gasteiger partial charge is 0.462 e. The molecular weight excluding hydrogens is 368 g/mol. The van der Waals surface area contributed by atoms with Crippen LogP contribution < -0.4 is 0 Å². The highest BCUT2D eigenvalue weighted by Gasteiger charge is 2.18. The second-order valence-electron chi connectivity index (χ2n) is 5.75. The van der Waals surface area contributed by atoms with Crippen molar-refractivity contribution in [1.29, 1.82) is 0 Å². The molecule has 4 nitrogen and oxygen atoms in total. The summed E-state index contributed by atoms with van der Waals surface area (Å²) in [5.74, 6) is 3.27. The lowest BCUT2D eigenvalue weighted by Crippen LogP contribution is -2.15. The molecule has 0 bridgehead atoms. The van der Waals surface area contributed by atoms with E-state index in [0.717, 1.165) is 48.7 Å². The van der Waals surface area contributed by atoms with Gasteiger partial charge in [0, 0.05) is 0 Å². The maximum Gasteiger partial charge on any atom is 0.339 e. The number of esters is 2. The lowest BCUT2D eigenvalue weighted by molar-refractivity contribution is 0.0459. The molecule has 0 heterocycles. The normalized spacial score (nSPS) is 10.5. The summed E-state index contributed by atoms with van der Waals surface area (Å²) in [5.41, 5.74) is 0.554. The minimum atomic E-state index is -0.462. The van der Waals surface area contributed by atoms with Crippen LogP contribution in [-0.4, -0.2) is 48.2 Å². The van der Waals surface area contributed by atoms with Crippen LogP contribution in [0, 0.1) is 0 Å². The van der Waals surface area contributed by atoms with Crippen LogP contribution in [0.2, 0.25) is 0 Å². The number of hydrogen-bond acceptors (Lipinski definition) is 6. The van der Waals surface area contributed by atoms with Crippen LogP contribution in [0.25, 0.3) is 0 Å². The number of thioether (sulfide) groups is 2. The molecule has 1 aromatic rings. The molecule has 0 spiro atoms. The van der Waals surface area contributed by atoms with E-state index in [1.165, 1.54) is 0 Å². The second kappa shape index (κ2) is 15.0. The summed E-state index contributed by atoms with van der Waals surface area (Å²) in [6.07, 6.45) is 3.94. The van der Waals surface area contributed by atoms with Crippen molar-refractivity contribution in [2.24, 2.45) is 0 Å². The van der Waals surface area contributed by atoms with Gasteiger partial charge in [-0.05, 0) is 60.8 Å². The maximum atomic E-state index is 12.3. The van der Waals surface area contributed by atoms with Crippen molar-refractivity contribution in [2.45, 2.75) is 39.5 Å².